The van der Waals surface area contributed by atoms with Gasteiger partial charge in [-0.15, -0.1) is 0 Å². The minimum absolute atomic E-state index is 0.154. The van der Waals surface area contributed by atoms with Crippen LogP contribution in [0.15, 0.2) is 0 Å². The molecule has 1 saturated carbocycles. The average molecular weight is 268 g/mol. The van der Waals surface area contributed by atoms with Gasteiger partial charge in [-0.3, -0.25) is 0 Å². The maximum Gasteiger partial charge on any atom is 0.0606 e. The summed E-state index contributed by atoms with van der Waals surface area (Å²) in [6, 6.07) is 0. The van der Waals surface area contributed by atoms with Crippen LogP contribution in [0.5, 0.6) is 0 Å². The highest BCUT2D eigenvalue weighted by Gasteiger charge is 2.48. The van der Waals surface area contributed by atoms with Gasteiger partial charge in [-0.05, 0) is 46.8 Å². The Labute approximate surface area is 121 Å². The highest BCUT2D eigenvalue weighted by molar-refractivity contribution is 4.97. The zero-order valence-corrected chi connectivity index (χ0v) is 14.7. The van der Waals surface area contributed by atoms with Crippen molar-refractivity contribution in [2.24, 2.45) is 34.0 Å². The van der Waals surface area contributed by atoms with Gasteiger partial charge in [0.2, 0.25) is 0 Å². The molecule has 1 rings (SSSR count). The van der Waals surface area contributed by atoms with Gasteiger partial charge >= 0.3 is 0 Å². The van der Waals surface area contributed by atoms with E-state index in [0.29, 0.717) is 23.2 Å². The molecule has 0 bridgehead atoms. The molecule has 0 amide bonds. The van der Waals surface area contributed by atoms with Gasteiger partial charge < -0.3 is 5.11 Å². The number of aliphatic hydroxyl groups excluding tert-OH is 1. The van der Waals surface area contributed by atoms with Crippen LogP contribution in [0.25, 0.3) is 0 Å². The van der Waals surface area contributed by atoms with E-state index in [1.807, 2.05) is 0 Å². The second kappa shape index (κ2) is 5.06. The molecule has 2 atom stereocenters. The first-order valence-corrected chi connectivity index (χ1v) is 7.92. The molecule has 0 aromatic rings. The minimum Gasteiger partial charge on any atom is -0.393 e. The Bertz CT molecular complexity index is 273. The summed E-state index contributed by atoms with van der Waals surface area (Å²) >= 11 is 0. The molecule has 2 unspecified atom stereocenters. The Morgan fingerprint density at radius 3 is 1.16 bits per heavy atom. The van der Waals surface area contributed by atoms with Crippen LogP contribution in [0.4, 0.5) is 0 Å². The summed E-state index contributed by atoms with van der Waals surface area (Å²) in [7, 11) is 0. The molecular weight excluding hydrogens is 232 g/mol. The first kappa shape index (κ1) is 17.0. The lowest BCUT2D eigenvalue weighted by molar-refractivity contribution is -0.0991. The van der Waals surface area contributed by atoms with Crippen molar-refractivity contribution >= 4 is 0 Å². The van der Waals surface area contributed by atoms with Gasteiger partial charge in [0, 0.05) is 0 Å². The van der Waals surface area contributed by atoms with Crippen molar-refractivity contribution in [1.82, 2.24) is 0 Å². The van der Waals surface area contributed by atoms with Gasteiger partial charge in [0.25, 0.3) is 0 Å². The highest BCUT2D eigenvalue weighted by atomic mass is 16.3. The van der Waals surface area contributed by atoms with E-state index in [-0.39, 0.29) is 16.9 Å². The quantitative estimate of drug-likeness (QED) is 0.646. The van der Waals surface area contributed by atoms with Crippen LogP contribution in [0.1, 0.15) is 75.2 Å². The molecule has 0 aromatic carbocycles. The lowest BCUT2D eigenvalue weighted by Gasteiger charge is -2.52. The summed E-state index contributed by atoms with van der Waals surface area (Å²) in [4.78, 5) is 0. The van der Waals surface area contributed by atoms with Crippen LogP contribution in [0.2, 0.25) is 0 Å². The van der Waals surface area contributed by atoms with E-state index in [0.717, 1.165) is 0 Å². The minimum atomic E-state index is -0.154. The molecule has 0 aromatic heterocycles. The third-order valence-corrected chi connectivity index (χ3v) is 5.35. The zero-order valence-electron chi connectivity index (χ0n) is 14.7. The first-order valence-electron chi connectivity index (χ1n) is 7.92. The Hall–Kier alpha value is -0.0400. The average Bonchev–Trinajstić information content (AvgIpc) is 2.11. The fourth-order valence-electron chi connectivity index (χ4n) is 3.71. The van der Waals surface area contributed by atoms with Gasteiger partial charge in [-0.25, -0.2) is 0 Å². The van der Waals surface area contributed by atoms with Gasteiger partial charge in [-0.1, -0.05) is 62.3 Å². The van der Waals surface area contributed by atoms with Gasteiger partial charge in [0.1, 0.15) is 0 Å². The fourth-order valence-corrected chi connectivity index (χ4v) is 3.71. The van der Waals surface area contributed by atoms with Crippen molar-refractivity contribution in [3.8, 4) is 0 Å². The summed E-state index contributed by atoms with van der Waals surface area (Å²) in [6.07, 6.45) is 2.18. The van der Waals surface area contributed by atoms with E-state index < -0.39 is 0 Å². The second-order valence-electron chi connectivity index (χ2n) is 9.97. The molecule has 19 heavy (non-hydrogen) atoms. The molecule has 0 heterocycles. The summed E-state index contributed by atoms with van der Waals surface area (Å²) in [5.74, 6) is 1.54. The zero-order chi connectivity index (χ0) is 15.2. The predicted octanol–water partition coefficient (Wildman–Crippen LogP) is 5.13. The first-order chi connectivity index (χ1) is 8.24. The van der Waals surface area contributed by atoms with Crippen molar-refractivity contribution in [1.29, 1.82) is 0 Å². The van der Waals surface area contributed by atoms with Crippen LogP contribution in [-0.4, -0.2) is 11.2 Å². The van der Waals surface area contributed by atoms with Crippen LogP contribution in [0, 0.1) is 34.0 Å². The van der Waals surface area contributed by atoms with E-state index in [2.05, 4.69) is 62.3 Å². The summed E-state index contributed by atoms with van der Waals surface area (Å²) < 4.78 is 0. The van der Waals surface area contributed by atoms with E-state index in [4.69, 9.17) is 0 Å². The standard InChI is InChI=1S/C18H36O/c1-16(2,3)12-10-13(17(4,5)6)15(19)14(11-12)18(7,8)9/h12-15,19H,10-11H2,1-9H3. The van der Waals surface area contributed by atoms with Crippen LogP contribution in [-0.2, 0) is 0 Å². The Morgan fingerprint density at radius 1 is 0.632 bits per heavy atom. The Balaban J connectivity index is 3.08. The van der Waals surface area contributed by atoms with E-state index >= 15 is 0 Å². The normalized spacial score (nSPS) is 34.4. The Morgan fingerprint density at radius 2 is 0.947 bits per heavy atom. The molecule has 1 fully saturated rings. The lowest BCUT2D eigenvalue weighted by Crippen LogP contribution is -2.49. The van der Waals surface area contributed by atoms with Crippen molar-refractivity contribution in [3.63, 3.8) is 0 Å². The third kappa shape index (κ3) is 3.97. The van der Waals surface area contributed by atoms with Crippen molar-refractivity contribution in [2.45, 2.75) is 81.3 Å². The topological polar surface area (TPSA) is 20.2 Å². The van der Waals surface area contributed by atoms with Gasteiger partial charge in [0.15, 0.2) is 0 Å². The molecule has 1 nitrogen and oxygen atoms in total. The molecule has 114 valence electrons. The predicted molar refractivity (Wildman–Crippen MR) is 84.1 cm³/mol. The molecule has 0 radical (unpaired) electrons. The van der Waals surface area contributed by atoms with Gasteiger partial charge in [0.05, 0.1) is 6.10 Å². The third-order valence-electron chi connectivity index (χ3n) is 5.35. The van der Waals surface area contributed by atoms with Crippen molar-refractivity contribution < 1.29 is 5.11 Å². The molecule has 0 spiro atoms. The van der Waals surface area contributed by atoms with Gasteiger partial charge in [-0.2, -0.15) is 0 Å². The largest absolute Gasteiger partial charge is 0.393 e. The summed E-state index contributed by atoms with van der Waals surface area (Å²) in [5, 5.41) is 10.9. The van der Waals surface area contributed by atoms with Crippen LogP contribution < -0.4 is 0 Å². The van der Waals surface area contributed by atoms with E-state index in [9.17, 15) is 5.11 Å². The number of hydrogen-bond donors (Lipinski definition) is 1. The van der Waals surface area contributed by atoms with Crippen molar-refractivity contribution in [2.75, 3.05) is 0 Å². The van der Waals surface area contributed by atoms with Crippen LogP contribution >= 0.6 is 0 Å². The smallest absolute Gasteiger partial charge is 0.0606 e. The maximum atomic E-state index is 10.9. The molecular formula is C18H36O. The lowest BCUT2D eigenvalue weighted by atomic mass is 9.55. The van der Waals surface area contributed by atoms with E-state index in [1.54, 1.807) is 0 Å². The number of aliphatic hydroxyl groups is 1. The summed E-state index contributed by atoms with van der Waals surface area (Å²) in [6.45, 7) is 20.8. The Kier molecular flexibility index (Phi) is 4.53. The molecule has 1 heteroatoms. The van der Waals surface area contributed by atoms with Crippen LogP contribution in [0.3, 0.4) is 0 Å². The molecule has 0 saturated heterocycles. The molecule has 0 aliphatic heterocycles. The van der Waals surface area contributed by atoms with Crippen molar-refractivity contribution in [3.05, 3.63) is 0 Å². The monoisotopic (exact) mass is 268 g/mol. The number of rotatable bonds is 0. The molecule has 1 aliphatic carbocycles. The highest BCUT2D eigenvalue weighted by Crippen LogP contribution is 2.52. The molecule has 1 N–H and O–H groups in total. The maximum absolute atomic E-state index is 10.9. The second-order valence-corrected chi connectivity index (χ2v) is 9.97. The SMILES string of the molecule is CC(C)(C)C1CC(C(C)(C)C)C(O)C(C(C)(C)C)C1. The number of hydrogen-bond acceptors (Lipinski definition) is 1. The van der Waals surface area contributed by atoms with E-state index in [1.165, 1.54) is 12.8 Å². The summed E-state index contributed by atoms with van der Waals surface area (Å²) in [5.41, 5.74) is 0.715. The molecule has 1 aliphatic rings. The fraction of sp³-hybridized carbons (Fsp3) is 1.00.